The number of nitrogens with zero attached hydrogens (tertiary/aromatic N) is 1. The van der Waals surface area contributed by atoms with Gasteiger partial charge in [0.15, 0.2) is 5.58 Å². The van der Waals surface area contributed by atoms with Gasteiger partial charge in [0, 0.05) is 11.1 Å². The maximum atomic E-state index is 9.46. The zero-order valence-corrected chi connectivity index (χ0v) is 10.7. The zero-order chi connectivity index (χ0) is 12.5. The summed E-state index contributed by atoms with van der Waals surface area (Å²) in [5.41, 5.74) is 1.50. The fraction of sp³-hybridized carbons (Fsp3) is 0.462. The third kappa shape index (κ3) is 2.44. The molecule has 1 saturated carbocycles. The summed E-state index contributed by atoms with van der Waals surface area (Å²) in [5.74, 6) is 0. The Morgan fingerprint density at radius 2 is 2.06 bits per heavy atom. The van der Waals surface area contributed by atoms with Crippen LogP contribution in [-0.2, 0) is 0 Å². The number of halogens is 1. The number of aromatic nitrogens is 1. The van der Waals surface area contributed by atoms with Crippen molar-refractivity contribution in [3.8, 4) is 0 Å². The minimum atomic E-state index is -0.148. The third-order valence-corrected chi connectivity index (χ3v) is 3.61. The molecule has 1 heterocycles. The first-order valence-corrected chi connectivity index (χ1v) is 6.59. The first kappa shape index (κ1) is 11.8. The predicted octanol–water partition coefficient (Wildman–Crippen LogP) is 3.20. The Kier molecular flexibility index (Phi) is 3.14. The van der Waals surface area contributed by atoms with Gasteiger partial charge in [0.05, 0.1) is 6.10 Å². The number of anilines is 1. The number of rotatable bonds is 2. The van der Waals surface area contributed by atoms with E-state index in [-0.39, 0.29) is 6.10 Å². The summed E-state index contributed by atoms with van der Waals surface area (Å²) >= 11 is 5.91. The molecule has 0 unspecified atom stereocenters. The molecule has 2 N–H and O–H groups in total. The van der Waals surface area contributed by atoms with Crippen LogP contribution in [0.5, 0.6) is 0 Å². The van der Waals surface area contributed by atoms with Crippen molar-refractivity contribution in [1.82, 2.24) is 4.98 Å². The molecule has 0 amide bonds. The molecule has 96 valence electrons. The van der Waals surface area contributed by atoms with Gasteiger partial charge in [0.2, 0.25) is 0 Å². The Balaban J connectivity index is 1.74. The molecule has 0 saturated heterocycles. The van der Waals surface area contributed by atoms with Crippen molar-refractivity contribution in [1.29, 1.82) is 0 Å². The van der Waals surface area contributed by atoms with Crippen molar-refractivity contribution in [2.75, 3.05) is 5.32 Å². The van der Waals surface area contributed by atoms with Crippen molar-refractivity contribution in [2.24, 2.45) is 0 Å². The van der Waals surface area contributed by atoms with E-state index in [0.717, 1.165) is 36.8 Å². The number of nitrogens with one attached hydrogen (secondary N) is 1. The fourth-order valence-electron chi connectivity index (χ4n) is 2.36. The molecule has 0 bridgehead atoms. The lowest BCUT2D eigenvalue weighted by Crippen LogP contribution is -2.28. The molecule has 0 radical (unpaired) electrons. The highest BCUT2D eigenvalue weighted by molar-refractivity contribution is 6.31. The number of hydrogen-bond acceptors (Lipinski definition) is 4. The molecule has 5 heteroatoms. The van der Waals surface area contributed by atoms with Crippen LogP contribution in [0.3, 0.4) is 0 Å². The molecule has 3 rings (SSSR count). The van der Waals surface area contributed by atoms with Gasteiger partial charge >= 0.3 is 0 Å². The topological polar surface area (TPSA) is 58.3 Å². The van der Waals surface area contributed by atoms with Crippen molar-refractivity contribution in [3.05, 3.63) is 23.2 Å². The lowest BCUT2D eigenvalue weighted by Gasteiger charge is -2.25. The maximum Gasteiger partial charge on any atom is 0.295 e. The molecule has 2 aromatic rings. The summed E-state index contributed by atoms with van der Waals surface area (Å²) < 4.78 is 5.61. The predicted molar refractivity (Wildman–Crippen MR) is 70.9 cm³/mol. The van der Waals surface area contributed by atoms with Crippen molar-refractivity contribution >= 4 is 28.7 Å². The lowest BCUT2D eigenvalue weighted by molar-refractivity contribution is 0.125. The summed E-state index contributed by atoms with van der Waals surface area (Å²) in [7, 11) is 0. The second-order valence-corrected chi connectivity index (χ2v) is 5.22. The van der Waals surface area contributed by atoms with E-state index in [9.17, 15) is 5.11 Å². The molecule has 1 aliphatic rings. The van der Waals surface area contributed by atoms with Crippen LogP contribution in [0, 0.1) is 0 Å². The largest absolute Gasteiger partial charge is 0.424 e. The van der Waals surface area contributed by atoms with Crippen LogP contribution in [0.4, 0.5) is 6.01 Å². The maximum absolute atomic E-state index is 9.46. The highest BCUT2D eigenvalue weighted by atomic mass is 35.5. The monoisotopic (exact) mass is 266 g/mol. The van der Waals surface area contributed by atoms with Gasteiger partial charge in [0.25, 0.3) is 6.01 Å². The molecule has 0 aliphatic heterocycles. The third-order valence-electron chi connectivity index (χ3n) is 3.37. The molecule has 1 aliphatic carbocycles. The molecular formula is C13H15ClN2O2. The van der Waals surface area contributed by atoms with E-state index in [4.69, 9.17) is 16.0 Å². The average molecular weight is 267 g/mol. The van der Waals surface area contributed by atoms with Crippen molar-refractivity contribution in [3.63, 3.8) is 0 Å². The van der Waals surface area contributed by atoms with E-state index in [0.29, 0.717) is 17.1 Å². The van der Waals surface area contributed by atoms with E-state index < -0.39 is 0 Å². The van der Waals surface area contributed by atoms with Crippen LogP contribution in [0.1, 0.15) is 25.7 Å². The highest BCUT2D eigenvalue weighted by Crippen LogP contribution is 2.25. The van der Waals surface area contributed by atoms with Crippen LogP contribution in [0.15, 0.2) is 22.6 Å². The van der Waals surface area contributed by atoms with Gasteiger partial charge in [-0.1, -0.05) is 11.6 Å². The van der Waals surface area contributed by atoms with Gasteiger partial charge in [-0.3, -0.25) is 0 Å². The number of hydrogen-bond donors (Lipinski definition) is 2. The fourth-order valence-corrected chi connectivity index (χ4v) is 2.52. The Morgan fingerprint density at radius 3 is 2.83 bits per heavy atom. The second kappa shape index (κ2) is 4.78. The van der Waals surface area contributed by atoms with E-state index in [1.165, 1.54) is 0 Å². The van der Waals surface area contributed by atoms with E-state index in [2.05, 4.69) is 10.3 Å². The number of oxazole rings is 1. The van der Waals surface area contributed by atoms with Gasteiger partial charge in [-0.05, 0) is 43.9 Å². The van der Waals surface area contributed by atoms with E-state index in [1.807, 2.05) is 6.07 Å². The summed E-state index contributed by atoms with van der Waals surface area (Å²) in [6.45, 7) is 0. The van der Waals surface area contributed by atoms with Gasteiger partial charge in [-0.25, -0.2) is 0 Å². The molecule has 0 spiro atoms. The highest BCUT2D eigenvalue weighted by Gasteiger charge is 2.20. The molecule has 0 atom stereocenters. The normalized spacial score (nSPS) is 24.3. The number of aliphatic hydroxyl groups excluding tert-OH is 1. The lowest BCUT2D eigenvalue weighted by atomic mass is 9.93. The standard InChI is InChI=1S/C13H15ClN2O2/c14-8-1-6-12-11(7-8)16-13(18-12)15-9-2-4-10(17)5-3-9/h1,6-7,9-10,17H,2-5H2,(H,15,16). The van der Waals surface area contributed by atoms with Gasteiger partial charge < -0.3 is 14.8 Å². The van der Waals surface area contributed by atoms with Crippen LogP contribution in [-0.4, -0.2) is 22.2 Å². The summed E-state index contributed by atoms with van der Waals surface area (Å²) in [6, 6.07) is 6.26. The zero-order valence-electron chi connectivity index (χ0n) is 9.90. The van der Waals surface area contributed by atoms with E-state index in [1.54, 1.807) is 12.1 Å². The first-order valence-electron chi connectivity index (χ1n) is 6.21. The molecule has 1 fully saturated rings. The molecule has 1 aromatic heterocycles. The summed E-state index contributed by atoms with van der Waals surface area (Å²) in [6.07, 6.45) is 3.42. The summed E-state index contributed by atoms with van der Waals surface area (Å²) in [4.78, 5) is 4.36. The Labute approximate surface area is 110 Å². The second-order valence-electron chi connectivity index (χ2n) is 4.78. The van der Waals surface area contributed by atoms with Crippen LogP contribution in [0.25, 0.3) is 11.1 Å². The van der Waals surface area contributed by atoms with Gasteiger partial charge in [0.1, 0.15) is 5.52 Å². The van der Waals surface area contributed by atoms with Crippen LogP contribution >= 0.6 is 11.6 Å². The average Bonchev–Trinajstić information content (AvgIpc) is 2.73. The number of benzene rings is 1. The molecule has 18 heavy (non-hydrogen) atoms. The minimum absolute atomic E-state index is 0.148. The smallest absolute Gasteiger partial charge is 0.295 e. The Morgan fingerprint density at radius 1 is 1.28 bits per heavy atom. The quantitative estimate of drug-likeness (QED) is 0.876. The summed E-state index contributed by atoms with van der Waals surface area (Å²) in [5, 5.41) is 13.4. The van der Waals surface area contributed by atoms with Crippen molar-refractivity contribution in [2.45, 2.75) is 37.8 Å². The molecule has 4 nitrogen and oxygen atoms in total. The molecule has 1 aromatic carbocycles. The van der Waals surface area contributed by atoms with Crippen molar-refractivity contribution < 1.29 is 9.52 Å². The number of aliphatic hydroxyl groups is 1. The minimum Gasteiger partial charge on any atom is -0.424 e. The van der Waals surface area contributed by atoms with E-state index >= 15 is 0 Å². The SMILES string of the molecule is OC1CCC(Nc2nc3cc(Cl)ccc3o2)CC1. The molecular weight excluding hydrogens is 252 g/mol. The van der Waals surface area contributed by atoms with Gasteiger partial charge in [-0.15, -0.1) is 0 Å². The first-order chi connectivity index (χ1) is 8.70. The van der Waals surface area contributed by atoms with Crippen LogP contribution < -0.4 is 5.32 Å². The van der Waals surface area contributed by atoms with Gasteiger partial charge in [-0.2, -0.15) is 4.98 Å². The van der Waals surface area contributed by atoms with Crippen LogP contribution in [0.2, 0.25) is 5.02 Å². The Bertz CT molecular complexity index is 547. The number of fused-ring (bicyclic) bond motifs is 1. The Hall–Kier alpha value is -1.26.